The van der Waals surface area contributed by atoms with E-state index in [0.29, 0.717) is 6.54 Å². The smallest absolute Gasteiger partial charge is 0.254 e. The van der Waals surface area contributed by atoms with Crippen LogP contribution in [0.5, 0.6) is 0 Å². The maximum absolute atomic E-state index is 13.2. The van der Waals surface area contributed by atoms with E-state index >= 15 is 0 Å². The molecule has 2 aromatic heterocycles. The largest absolute Gasteiger partial charge is 0.330 e. The molecule has 6 nitrogen and oxygen atoms in total. The lowest BCUT2D eigenvalue weighted by Crippen LogP contribution is -2.38. The van der Waals surface area contributed by atoms with Crippen molar-refractivity contribution in [3.8, 4) is 0 Å². The molecule has 3 heterocycles. The molecule has 6 heteroatoms. The molecule has 4 rings (SSSR count). The first-order valence-corrected chi connectivity index (χ1v) is 9.07. The van der Waals surface area contributed by atoms with E-state index in [2.05, 4.69) is 10.2 Å². The summed E-state index contributed by atoms with van der Waals surface area (Å²) in [7, 11) is 1.91. The number of rotatable bonds is 4. The lowest BCUT2D eigenvalue weighted by Gasteiger charge is -2.35. The quantitative estimate of drug-likeness (QED) is 0.727. The van der Waals surface area contributed by atoms with Crippen LogP contribution in [-0.4, -0.2) is 36.9 Å². The van der Waals surface area contributed by atoms with E-state index in [9.17, 15) is 4.79 Å². The molecule has 1 saturated heterocycles. The Kier molecular flexibility index (Phi) is 4.56. The molecule has 0 radical (unpaired) electrons. The van der Waals surface area contributed by atoms with Gasteiger partial charge in [0, 0.05) is 37.7 Å². The Morgan fingerprint density at radius 3 is 2.88 bits per heavy atom. The van der Waals surface area contributed by atoms with Crippen molar-refractivity contribution in [3.05, 3.63) is 71.8 Å². The van der Waals surface area contributed by atoms with Crippen LogP contribution < -0.4 is 0 Å². The molecule has 1 atom stereocenters. The van der Waals surface area contributed by atoms with Crippen LogP contribution in [0.1, 0.15) is 46.9 Å². The first kappa shape index (κ1) is 16.6. The fraction of sp³-hybridized carbons (Fsp3) is 0.350. The van der Waals surface area contributed by atoms with Crippen LogP contribution in [0, 0.1) is 0 Å². The van der Waals surface area contributed by atoms with E-state index in [1.54, 1.807) is 10.9 Å². The Morgan fingerprint density at radius 1 is 1.19 bits per heavy atom. The molecule has 1 aromatic carbocycles. The van der Waals surface area contributed by atoms with Crippen LogP contribution in [-0.2, 0) is 13.6 Å². The third-order valence-electron chi connectivity index (χ3n) is 4.92. The van der Waals surface area contributed by atoms with Gasteiger partial charge in [0.15, 0.2) is 0 Å². The molecule has 134 valence electrons. The van der Waals surface area contributed by atoms with E-state index in [1.807, 2.05) is 65.4 Å². The van der Waals surface area contributed by atoms with Crippen molar-refractivity contribution in [1.29, 1.82) is 0 Å². The molecule has 0 spiro atoms. The number of benzene rings is 1. The van der Waals surface area contributed by atoms with Crippen molar-refractivity contribution >= 4 is 5.91 Å². The van der Waals surface area contributed by atoms with E-state index in [0.717, 1.165) is 42.6 Å². The van der Waals surface area contributed by atoms with Crippen LogP contribution in [0.15, 0.2) is 55.0 Å². The molecule has 26 heavy (non-hydrogen) atoms. The summed E-state index contributed by atoms with van der Waals surface area (Å²) in [5.41, 5.74) is 2.79. The Labute approximate surface area is 153 Å². The highest BCUT2D eigenvalue weighted by Crippen LogP contribution is 2.31. The number of likely N-dealkylation sites (tertiary alicyclic amines) is 1. The van der Waals surface area contributed by atoms with Crippen molar-refractivity contribution in [2.45, 2.75) is 31.8 Å². The molecule has 0 aliphatic carbocycles. The number of aryl methyl sites for hydroxylation is 1. The van der Waals surface area contributed by atoms with Gasteiger partial charge in [-0.05, 0) is 49.1 Å². The molecule has 0 unspecified atom stereocenters. The first-order chi connectivity index (χ1) is 12.7. The van der Waals surface area contributed by atoms with Crippen LogP contribution in [0.3, 0.4) is 0 Å². The van der Waals surface area contributed by atoms with Gasteiger partial charge in [-0.25, -0.2) is 0 Å². The van der Waals surface area contributed by atoms with E-state index < -0.39 is 0 Å². The standard InChI is InChI=1S/C20H23N5O/c1-23-13-9-18(22-23)19-8-2-3-12-25(19)20(26)17-7-4-6-16(14-17)15-24-11-5-10-21-24/h4-7,9-11,13-14,19H,2-3,8,12,15H2,1H3/t19-/m0/s1. The lowest BCUT2D eigenvalue weighted by atomic mass is 9.98. The maximum atomic E-state index is 13.2. The van der Waals surface area contributed by atoms with Gasteiger partial charge in [-0.15, -0.1) is 0 Å². The molecular weight excluding hydrogens is 326 g/mol. The Hall–Kier alpha value is -2.89. The second-order valence-electron chi connectivity index (χ2n) is 6.83. The molecule has 1 amide bonds. The van der Waals surface area contributed by atoms with E-state index in [4.69, 9.17) is 0 Å². The minimum atomic E-state index is 0.0622. The van der Waals surface area contributed by atoms with Crippen LogP contribution in [0.25, 0.3) is 0 Å². The Bertz CT molecular complexity index is 883. The average Bonchev–Trinajstić information content (AvgIpc) is 3.33. The van der Waals surface area contributed by atoms with Gasteiger partial charge in [0.1, 0.15) is 0 Å². The molecular formula is C20H23N5O. The Balaban J connectivity index is 1.57. The summed E-state index contributed by atoms with van der Waals surface area (Å²) in [6, 6.07) is 11.8. The highest BCUT2D eigenvalue weighted by molar-refractivity contribution is 5.94. The zero-order chi connectivity index (χ0) is 17.9. The van der Waals surface area contributed by atoms with Crippen molar-refractivity contribution in [2.75, 3.05) is 6.54 Å². The topological polar surface area (TPSA) is 56.0 Å². The normalized spacial score (nSPS) is 17.4. The monoisotopic (exact) mass is 349 g/mol. The number of carbonyl (C=O) groups excluding carboxylic acids is 1. The predicted octanol–water partition coefficient (Wildman–Crippen LogP) is 3.03. The van der Waals surface area contributed by atoms with Gasteiger partial charge in [-0.1, -0.05) is 12.1 Å². The van der Waals surface area contributed by atoms with Crippen LogP contribution >= 0.6 is 0 Å². The number of piperidine rings is 1. The van der Waals surface area contributed by atoms with Gasteiger partial charge in [0.25, 0.3) is 5.91 Å². The third kappa shape index (κ3) is 3.40. The highest BCUT2D eigenvalue weighted by atomic mass is 16.2. The minimum Gasteiger partial charge on any atom is -0.330 e. The number of carbonyl (C=O) groups is 1. The number of amides is 1. The second kappa shape index (κ2) is 7.15. The lowest BCUT2D eigenvalue weighted by molar-refractivity contribution is 0.0605. The van der Waals surface area contributed by atoms with Crippen molar-refractivity contribution in [3.63, 3.8) is 0 Å². The zero-order valence-electron chi connectivity index (χ0n) is 15.0. The summed E-state index contributed by atoms with van der Waals surface area (Å²) in [6.07, 6.45) is 8.77. The molecule has 1 aliphatic rings. The van der Waals surface area contributed by atoms with Gasteiger partial charge in [-0.2, -0.15) is 10.2 Å². The fourth-order valence-corrected chi connectivity index (χ4v) is 3.64. The van der Waals surface area contributed by atoms with Crippen LogP contribution in [0.2, 0.25) is 0 Å². The summed E-state index contributed by atoms with van der Waals surface area (Å²) < 4.78 is 3.67. The van der Waals surface area contributed by atoms with Gasteiger partial charge < -0.3 is 4.90 Å². The predicted molar refractivity (Wildman–Crippen MR) is 98.6 cm³/mol. The molecule has 0 saturated carbocycles. The second-order valence-corrected chi connectivity index (χ2v) is 6.83. The summed E-state index contributed by atoms with van der Waals surface area (Å²) >= 11 is 0. The summed E-state index contributed by atoms with van der Waals surface area (Å²) in [6.45, 7) is 1.45. The number of hydrogen-bond acceptors (Lipinski definition) is 3. The number of hydrogen-bond donors (Lipinski definition) is 0. The number of aromatic nitrogens is 4. The minimum absolute atomic E-state index is 0.0622. The molecule has 3 aromatic rings. The molecule has 1 fully saturated rings. The average molecular weight is 349 g/mol. The van der Waals surface area contributed by atoms with Crippen molar-refractivity contribution in [1.82, 2.24) is 24.5 Å². The van der Waals surface area contributed by atoms with Gasteiger partial charge in [0.05, 0.1) is 18.3 Å². The summed E-state index contributed by atoms with van der Waals surface area (Å²) in [4.78, 5) is 15.2. The summed E-state index contributed by atoms with van der Waals surface area (Å²) in [5, 5.41) is 8.78. The van der Waals surface area contributed by atoms with Crippen molar-refractivity contribution < 1.29 is 4.79 Å². The number of nitrogens with zero attached hydrogens (tertiary/aromatic N) is 5. The molecule has 1 aliphatic heterocycles. The first-order valence-electron chi connectivity index (χ1n) is 9.07. The Morgan fingerprint density at radius 2 is 2.12 bits per heavy atom. The van der Waals surface area contributed by atoms with Crippen LogP contribution in [0.4, 0.5) is 0 Å². The van der Waals surface area contributed by atoms with Gasteiger partial charge >= 0.3 is 0 Å². The van der Waals surface area contributed by atoms with Crippen molar-refractivity contribution in [2.24, 2.45) is 7.05 Å². The van der Waals surface area contributed by atoms with E-state index in [-0.39, 0.29) is 11.9 Å². The van der Waals surface area contributed by atoms with E-state index in [1.165, 1.54) is 0 Å². The van der Waals surface area contributed by atoms with Gasteiger partial charge in [0.2, 0.25) is 0 Å². The summed E-state index contributed by atoms with van der Waals surface area (Å²) in [5.74, 6) is 0.0858. The van der Waals surface area contributed by atoms with Gasteiger partial charge in [-0.3, -0.25) is 14.2 Å². The third-order valence-corrected chi connectivity index (χ3v) is 4.92. The molecule has 0 bridgehead atoms. The maximum Gasteiger partial charge on any atom is 0.254 e. The zero-order valence-corrected chi connectivity index (χ0v) is 15.0. The SMILES string of the molecule is Cn1ccc([C@@H]2CCCCN2C(=O)c2cccc(Cn3cccn3)c2)n1. The molecule has 0 N–H and O–H groups in total. The highest BCUT2D eigenvalue weighted by Gasteiger charge is 2.30. The fourth-order valence-electron chi connectivity index (χ4n) is 3.64.